The number of hydrogen-bond donors (Lipinski definition) is 1. The molecule has 3 aromatic rings. The predicted molar refractivity (Wildman–Crippen MR) is 108 cm³/mol. The fraction of sp³-hybridized carbons (Fsp3) is 0.409. The van der Waals surface area contributed by atoms with Crippen LogP contribution in [-0.4, -0.2) is 32.6 Å². The van der Waals surface area contributed by atoms with Crippen LogP contribution in [0.5, 0.6) is 0 Å². The maximum Gasteiger partial charge on any atom is 0.106 e. The Balaban J connectivity index is 1.69. The Labute approximate surface area is 164 Å². The Hall–Kier alpha value is -1.88. The molecule has 2 aliphatic heterocycles. The van der Waals surface area contributed by atoms with E-state index in [-0.39, 0.29) is 0 Å². The minimum atomic E-state index is -0.990. The molecule has 2 aromatic heterocycles. The van der Waals surface area contributed by atoms with E-state index < -0.39 is 5.60 Å². The Bertz CT molecular complexity index is 1010. The molecule has 5 heteroatoms. The molecule has 4 nitrogen and oxygen atoms in total. The number of fused-ring (bicyclic) bond motifs is 6. The summed E-state index contributed by atoms with van der Waals surface area (Å²) in [6.45, 7) is 2.39. The van der Waals surface area contributed by atoms with Crippen LogP contribution in [0.25, 0.3) is 10.9 Å². The summed E-state index contributed by atoms with van der Waals surface area (Å²) in [7, 11) is 2.24. The van der Waals surface area contributed by atoms with Gasteiger partial charge in [-0.15, -0.1) is 0 Å². The number of likely N-dealkylation sites (N-methyl/N-ethyl adjacent to an activating group) is 1. The second-order valence-corrected chi connectivity index (χ2v) is 8.68. The third-order valence-corrected chi connectivity index (χ3v) is 6.76. The topological polar surface area (TPSA) is 41.3 Å². The molecule has 3 atom stereocenters. The van der Waals surface area contributed by atoms with Gasteiger partial charge < -0.3 is 9.67 Å². The van der Waals surface area contributed by atoms with Crippen LogP contribution in [-0.2, 0) is 18.6 Å². The van der Waals surface area contributed by atoms with Crippen LogP contribution in [0.15, 0.2) is 42.7 Å². The molecule has 0 radical (unpaired) electrons. The Morgan fingerprint density at radius 2 is 2.15 bits per heavy atom. The number of pyridine rings is 1. The van der Waals surface area contributed by atoms with Crippen LogP contribution in [0.1, 0.15) is 42.6 Å². The summed E-state index contributed by atoms with van der Waals surface area (Å²) in [5, 5.41) is 13.3. The average molecular weight is 382 g/mol. The zero-order chi connectivity index (χ0) is 18.8. The zero-order valence-corrected chi connectivity index (χ0v) is 16.4. The third-order valence-electron chi connectivity index (χ3n) is 6.53. The summed E-state index contributed by atoms with van der Waals surface area (Å²) < 4.78 is 2.33. The van der Waals surface area contributed by atoms with Crippen LogP contribution < -0.4 is 0 Å². The van der Waals surface area contributed by atoms with E-state index in [2.05, 4.69) is 33.6 Å². The average Bonchev–Trinajstić information content (AvgIpc) is 3.06. The molecule has 2 bridgehead atoms. The summed E-state index contributed by atoms with van der Waals surface area (Å²) in [6, 6.07) is 11.0. The molecular formula is C22H24ClN3O. The molecule has 140 valence electrons. The molecule has 1 aromatic carbocycles. The van der Waals surface area contributed by atoms with Gasteiger partial charge in [-0.25, -0.2) is 0 Å². The van der Waals surface area contributed by atoms with Crippen LogP contribution in [0.2, 0.25) is 5.02 Å². The monoisotopic (exact) mass is 381 g/mol. The van der Waals surface area contributed by atoms with Crippen molar-refractivity contribution in [1.82, 2.24) is 14.5 Å². The molecule has 0 aliphatic carbocycles. The SMILES string of the molecule is CN1C2CCC1c1c(n(CC(C)(O)c3cccnc3)c3ccc(Cl)cc13)C2. The number of benzene rings is 1. The number of nitrogens with zero attached hydrogens (tertiary/aromatic N) is 3. The number of aromatic nitrogens is 2. The van der Waals surface area contributed by atoms with E-state index in [1.807, 2.05) is 25.1 Å². The minimum absolute atomic E-state index is 0.448. The van der Waals surface area contributed by atoms with Gasteiger partial charge in [-0.05, 0) is 56.6 Å². The summed E-state index contributed by atoms with van der Waals surface area (Å²) in [5.41, 5.74) is 3.78. The van der Waals surface area contributed by atoms with Crippen molar-refractivity contribution in [3.05, 3.63) is 64.6 Å². The standard InChI is InChI=1S/C22H24ClN3O/c1-22(27,14-4-3-9-24-12-14)13-26-18-7-5-15(23)10-17(18)21-19-8-6-16(25(19)2)11-20(21)26/h3-5,7,9-10,12,16,19,27H,6,8,11,13H2,1-2H3. The van der Waals surface area contributed by atoms with Gasteiger partial charge in [0, 0.05) is 58.1 Å². The molecule has 1 fully saturated rings. The lowest BCUT2D eigenvalue weighted by Crippen LogP contribution is -2.36. The van der Waals surface area contributed by atoms with Gasteiger partial charge in [0.25, 0.3) is 0 Å². The van der Waals surface area contributed by atoms with Crippen molar-refractivity contribution in [3.8, 4) is 0 Å². The number of hydrogen-bond acceptors (Lipinski definition) is 3. The van der Waals surface area contributed by atoms with Gasteiger partial charge in [0.2, 0.25) is 0 Å². The second-order valence-electron chi connectivity index (χ2n) is 8.24. The van der Waals surface area contributed by atoms with Crippen molar-refractivity contribution >= 4 is 22.5 Å². The highest BCUT2D eigenvalue weighted by molar-refractivity contribution is 6.31. The van der Waals surface area contributed by atoms with Crippen molar-refractivity contribution in [2.45, 2.75) is 50.4 Å². The first-order valence-electron chi connectivity index (χ1n) is 9.61. The maximum atomic E-state index is 11.3. The van der Waals surface area contributed by atoms with Crippen molar-refractivity contribution in [3.63, 3.8) is 0 Å². The fourth-order valence-electron chi connectivity index (χ4n) is 5.09. The van der Waals surface area contributed by atoms with Gasteiger partial charge in [-0.1, -0.05) is 17.7 Å². The number of halogens is 1. The van der Waals surface area contributed by atoms with E-state index in [1.165, 1.54) is 29.5 Å². The van der Waals surface area contributed by atoms with Crippen LogP contribution in [0.3, 0.4) is 0 Å². The lowest BCUT2D eigenvalue weighted by molar-refractivity contribution is 0.0378. The number of rotatable bonds is 3. The molecular weight excluding hydrogens is 358 g/mol. The molecule has 0 amide bonds. The Morgan fingerprint density at radius 3 is 2.93 bits per heavy atom. The molecule has 0 saturated carbocycles. The zero-order valence-electron chi connectivity index (χ0n) is 15.7. The van der Waals surface area contributed by atoms with E-state index in [0.29, 0.717) is 18.6 Å². The molecule has 1 saturated heterocycles. The van der Waals surface area contributed by atoms with Gasteiger partial charge in [0.05, 0.1) is 6.54 Å². The summed E-state index contributed by atoms with van der Waals surface area (Å²) in [6.07, 6.45) is 6.95. The smallest absolute Gasteiger partial charge is 0.106 e. The minimum Gasteiger partial charge on any atom is -0.384 e. The molecule has 27 heavy (non-hydrogen) atoms. The van der Waals surface area contributed by atoms with Gasteiger partial charge in [0.15, 0.2) is 0 Å². The first kappa shape index (κ1) is 17.2. The van der Waals surface area contributed by atoms with Crippen molar-refractivity contribution in [1.29, 1.82) is 0 Å². The van der Waals surface area contributed by atoms with Crippen LogP contribution in [0.4, 0.5) is 0 Å². The van der Waals surface area contributed by atoms with Gasteiger partial charge >= 0.3 is 0 Å². The van der Waals surface area contributed by atoms with E-state index in [4.69, 9.17) is 11.6 Å². The van der Waals surface area contributed by atoms with Crippen LogP contribution in [0, 0.1) is 0 Å². The van der Waals surface area contributed by atoms with E-state index in [9.17, 15) is 5.11 Å². The molecule has 3 unspecified atom stereocenters. The van der Waals surface area contributed by atoms with Gasteiger partial charge in [-0.3, -0.25) is 9.88 Å². The quantitative estimate of drug-likeness (QED) is 0.735. The van der Waals surface area contributed by atoms with Crippen molar-refractivity contribution in [2.24, 2.45) is 0 Å². The fourth-order valence-corrected chi connectivity index (χ4v) is 5.26. The first-order chi connectivity index (χ1) is 13.0. The maximum absolute atomic E-state index is 11.3. The normalized spacial score (nSPS) is 24.1. The highest BCUT2D eigenvalue weighted by Crippen LogP contribution is 2.47. The second kappa shape index (κ2) is 6.06. The highest BCUT2D eigenvalue weighted by atomic mass is 35.5. The summed E-state index contributed by atoms with van der Waals surface area (Å²) in [5.74, 6) is 0. The summed E-state index contributed by atoms with van der Waals surface area (Å²) >= 11 is 6.36. The number of aliphatic hydroxyl groups is 1. The van der Waals surface area contributed by atoms with E-state index in [1.54, 1.807) is 12.4 Å². The lowest BCUT2D eigenvalue weighted by atomic mass is 9.96. The first-order valence-corrected chi connectivity index (χ1v) is 9.99. The Kier molecular flexibility index (Phi) is 3.87. The lowest BCUT2D eigenvalue weighted by Gasteiger charge is -2.33. The van der Waals surface area contributed by atoms with E-state index in [0.717, 1.165) is 22.5 Å². The van der Waals surface area contributed by atoms with Gasteiger partial charge in [-0.2, -0.15) is 0 Å². The largest absolute Gasteiger partial charge is 0.384 e. The van der Waals surface area contributed by atoms with Crippen molar-refractivity contribution < 1.29 is 5.11 Å². The van der Waals surface area contributed by atoms with Crippen LogP contribution >= 0.6 is 11.6 Å². The molecule has 4 heterocycles. The molecule has 2 aliphatic rings. The van der Waals surface area contributed by atoms with Crippen molar-refractivity contribution in [2.75, 3.05) is 7.05 Å². The Morgan fingerprint density at radius 1 is 1.30 bits per heavy atom. The highest BCUT2D eigenvalue weighted by Gasteiger charge is 2.41. The third kappa shape index (κ3) is 2.62. The van der Waals surface area contributed by atoms with Gasteiger partial charge in [0.1, 0.15) is 5.60 Å². The molecule has 1 N–H and O–H groups in total. The predicted octanol–water partition coefficient (Wildman–Crippen LogP) is 4.29. The van der Waals surface area contributed by atoms with E-state index >= 15 is 0 Å². The molecule has 0 spiro atoms. The molecule has 5 rings (SSSR count). The summed E-state index contributed by atoms with van der Waals surface area (Å²) in [4.78, 5) is 6.71.